The monoisotopic (exact) mass is 198 g/mol. The van der Waals surface area contributed by atoms with Gasteiger partial charge in [-0.05, 0) is 32.1 Å². The van der Waals surface area contributed by atoms with Crippen LogP contribution in [0.1, 0.15) is 40.5 Å². The first-order chi connectivity index (χ1) is 6.31. The Hall–Kier alpha value is -0.860. The molecule has 0 aromatic carbocycles. The molecule has 0 saturated heterocycles. The van der Waals surface area contributed by atoms with Crippen LogP contribution in [-0.2, 0) is 14.3 Å². The van der Waals surface area contributed by atoms with Crippen molar-refractivity contribution in [2.45, 2.75) is 46.6 Å². The van der Waals surface area contributed by atoms with Crippen LogP contribution in [0.25, 0.3) is 0 Å². The zero-order chi connectivity index (χ0) is 11.0. The Kier molecular flexibility index (Phi) is 2.70. The van der Waals surface area contributed by atoms with Crippen molar-refractivity contribution >= 4 is 12.3 Å². The van der Waals surface area contributed by atoms with Crippen molar-refractivity contribution in [3.05, 3.63) is 0 Å². The standard InChI is InChI=1S/C11H18O3/c1-8(2)14-9(13)11(7-12)5-10(3,4)6-11/h7-8H,5-6H2,1-4H3. The highest BCUT2D eigenvalue weighted by molar-refractivity contribution is 5.94. The Labute approximate surface area is 84.8 Å². The summed E-state index contributed by atoms with van der Waals surface area (Å²) in [5.74, 6) is -0.359. The predicted octanol–water partition coefficient (Wildman–Crippen LogP) is 1.94. The number of hydrogen-bond acceptors (Lipinski definition) is 3. The van der Waals surface area contributed by atoms with Crippen molar-refractivity contribution in [2.75, 3.05) is 0 Å². The largest absolute Gasteiger partial charge is 0.462 e. The molecular weight excluding hydrogens is 180 g/mol. The van der Waals surface area contributed by atoms with E-state index in [0.29, 0.717) is 12.8 Å². The molecule has 0 N–H and O–H groups in total. The van der Waals surface area contributed by atoms with Gasteiger partial charge in [0.15, 0.2) is 0 Å². The summed E-state index contributed by atoms with van der Waals surface area (Å²) in [6, 6.07) is 0. The van der Waals surface area contributed by atoms with Crippen molar-refractivity contribution in [1.29, 1.82) is 0 Å². The number of carbonyl (C=O) groups excluding carboxylic acids is 2. The fraction of sp³-hybridized carbons (Fsp3) is 0.818. The van der Waals surface area contributed by atoms with Crippen LogP contribution in [0.5, 0.6) is 0 Å². The minimum atomic E-state index is -0.853. The zero-order valence-electron chi connectivity index (χ0n) is 9.29. The van der Waals surface area contributed by atoms with E-state index < -0.39 is 5.41 Å². The van der Waals surface area contributed by atoms with Crippen molar-refractivity contribution < 1.29 is 14.3 Å². The second-order valence-corrected chi connectivity index (χ2v) is 5.25. The molecule has 0 radical (unpaired) electrons. The summed E-state index contributed by atoms with van der Waals surface area (Å²) in [5, 5.41) is 0. The van der Waals surface area contributed by atoms with E-state index in [4.69, 9.17) is 4.74 Å². The van der Waals surface area contributed by atoms with E-state index in [1.54, 1.807) is 13.8 Å². The lowest BCUT2D eigenvalue weighted by Crippen LogP contribution is -2.51. The predicted molar refractivity (Wildman–Crippen MR) is 52.7 cm³/mol. The molecule has 0 aliphatic heterocycles. The summed E-state index contributed by atoms with van der Waals surface area (Å²) < 4.78 is 5.07. The SMILES string of the molecule is CC(C)OC(=O)C1(C=O)CC(C)(C)C1. The molecule has 0 atom stereocenters. The Balaban J connectivity index is 2.65. The molecular formula is C11H18O3. The molecule has 3 heteroatoms. The van der Waals surface area contributed by atoms with Crippen LogP contribution in [0.3, 0.4) is 0 Å². The highest BCUT2D eigenvalue weighted by Crippen LogP contribution is 2.53. The molecule has 0 aromatic heterocycles. The molecule has 0 spiro atoms. The quantitative estimate of drug-likeness (QED) is 0.395. The van der Waals surface area contributed by atoms with Crippen LogP contribution >= 0.6 is 0 Å². The first-order valence-electron chi connectivity index (χ1n) is 4.99. The molecule has 3 nitrogen and oxygen atoms in total. The number of esters is 1. The van der Waals surface area contributed by atoms with E-state index in [1.807, 2.05) is 0 Å². The van der Waals surface area contributed by atoms with Gasteiger partial charge in [-0.3, -0.25) is 4.79 Å². The molecule has 14 heavy (non-hydrogen) atoms. The maximum absolute atomic E-state index is 11.6. The van der Waals surface area contributed by atoms with Gasteiger partial charge in [-0.25, -0.2) is 0 Å². The lowest BCUT2D eigenvalue weighted by Gasteiger charge is -2.47. The van der Waals surface area contributed by atoms with Gasteiger partial charge >= 0.3 is 5.97 Å². The Morgan fingerprint density at radius 1 is 1.36 bits per heavy atom. The molecule has 0 heterocycles. The van der Waals surface area contributed by atoms with Crippen molar-refractivity contribution in [3.63, 3.8) is 0 Å². The van der Waals surface area contributed by atoms with E-state index in [2.05, 4.69) is 13.8 Å². The molecule has 0 bridgehead atoms. The van der Waals surface area contributed by atoms with Gasteiger partial charge in [0.2, 0.25) is 0 Å². The smallest absolute Gasteiger partial charge is 0.319 e. The van der Waals surface area contributed by atoms with Gasteiger partial charge in [-0.2, -0.15) is 0 Å². The minimum Gasteiger partial charge on any atom is -0.462 e. The number of rotatable bonds is 3. The van der Waals surface area contributed by atoms with E-state index in [-0.39, 0.29) is 17.5 Å². The molecule has 1 rings (SSSR count). The van der Waals surface area contributed by atoms with Crippen LogP contribution in [0.2, 0.25) is 0 Å². The summed E-state index contributed by atoms with van der Waals surface area (Å²) in [4.78, 5) is 22.5. The topological polar surface area (TPSA) is 43.4 Å². The highest BCUT2D eigenvalue weighted by Gasteiger charge is 2.55. The van der Waals surface area contributed by atoms with Gasteiger partial charge in [0.1, 0.15) is 11.7 Å². The van der Waals surface area contributed by atoms with E-state index in [9.17, 15) is 9.59 Å². The van der Waals surface area contributed by atoms with Crippen LogP contribution in [0.4, 0.5) is 0 Å². The van der Waals surface area contributed by atoms with Gasteiger partial charge in [-0.1, -0.05) is 13.8 Å². The van der Waals surface area contributed by atoms with Crippen LogP contribution < -0.4 is 0 Å². The molecule has 0 amide bonds. The van der Waals surface area contributed by atoms with Crippen molar-refractivity contribution in [2.24, 2.45) is 10.8 Å². The van der Waals surface area contributed by atoms with Gasteiger partial charge in [0.05, 0.1) is 6.10 Å². The maximum Gasteiger partial charge on any atom is 0.319 e. The van der Waals surface area contributed by atoms with Gasteiger partial charge < -0.3 is 9.53 Å². The van der Waals surface area contributed by atoms with Crippen molar-refractivity contribution in [1.82, 2.24) is 0 Å². The number of aldehydes is 1. The van der Waals surface area contributed by atoms with Crippen molar-refractivity contribution in [3.8, 4) is 0 Å². The molecule has 0 unspecified atom stereocenters. The van der Waals surface area contributed by atoms with Gasteiger partial charge in [-0.15, -0.1) is 0 Å². The first kappa shape index (κ1) is 11.2. The van der Waals surface area contributed by atoms with E-state index in [0.717, 1.165) is 6.29 Å². The molecule has 1 fully saturated rings. The minimum absolute atomic E-state index is 0.0942. The van der Waals surface area contributed by atoms with Crippen LogP contribution in [0, 0.1) is 10.8 Å². The lowest BCUT2D eigenvalue weighted by molar-refractivity contribution is -0.174. The summed E-state index contributed by atoms with van der Waals surface area (Å²) in [5.41, 5.74) is -0.759. The molecule has 0 aromatic rings. The fourth-order valence-corrected chi connectivity index (χ4v) is 2.26. The Bertz CT molecular complexity index is 245. The summed E-state index contributed by atoms with van der Waals surface area (Å²) in [6.07, 6.45) is 1.82. The summed E-state index contributed by atoms with van der Waals surface area (Å²) in [7, 11) is 0. The fourth-order valence-electron chi connectivity index (χ4n) is 2.26. The number of carbonyl (C=O) groups is 2. The second-order valence-electron chi connectivity index (χ2n) is 5.25. The maximum atomic E-state index is 11.6. The van der Waals surface area contributed by atoms with E-state index >= 15 is 0 Å². The summed E-state index contributed by atoms with van der Waals surface area (Å²) in [6.45, 7) is 7.69. The van der Waals surface area contributed by atoms with Gasteiger partial charge in [0, 0.05) is 0 Å². The van der Waals surface area contributed by atoms with Gasteiger partial charge in [0.25, 0.3) is 0 Å². The molecule has 80 valence electrons. The molecule has 1 aliphatic carbocycles. The number of ether oxygens (including phenoxy) is 1. The first-order valence-corrected chi connectivity index (χ1v) is 4.99. The van der Waals surface area contributed by atoms with Crippen LogP contribution in [-0.4, -0.2) is 18.4 Å². The third kappa shape index (κ3) is 1.97. The van der Waals surface area contributed by atoms with E-state index in [1.165, 1.54) is 0 Å². The Morgan fingerprint density at radius 2 is 1.86 bits per heavy atom. The highest BCUT2D eigenvalue weighted by atomic mass is 16.5. The Morgan fingerprint density at radius 3 is 2.14 bits per heavy atom. The third-order valence-electron chi connectivity index (χ3n) is 2.56. The third-order valence-corrected chi connectivity index (χ3v) is 2.56. The normalized spacial score (nSPS) is 22.6. The number of hydrogen-bond donors (Lipinski definition) is 0. The average molecular weight is 198 g/mol. The molecule has 1 aliphatic rings. The van der Waals surface area contributed by atoms with Crippen LogP contribution in [0.15, 0.2) is 0 Å². The average Bonchev–Trinajstić information content (AvgIpc) is 1.97. The second kappa shape index (κ2) is 3.37. The zero-order valence-corrected chi connectivity index (χ0v) is 9.29. The summed E-state index contributed by atoms with van der Waals surface area (Å²) >= 11 is 0. The lowest BCUT2D eigenvalue weighted by atomic mass is 9.55. The molecule has 1 saturated carbocycles.